The van der Waals surface area contributed by atoms with Gasteiger partial charge in [0.25, 0.3) is 0 Å². The fourth-order valence-electron chi connectivity index (χ4n) is 2.44. The molecule has 2 bridgehead atoms. The summed E-state index contributed by atoms with van der Waals surface area (Å²) in [7, 11) is 5.44. The molecular weight excluding hydrogens is 183 g/mol. The molecule has 3 heterocycles. The van der Waals surface area contributed by atoms with Crippen molar-refractivity contribution in [1.29, 1.82) is 0 Å². The van der Waals surface area contributed by atoms with E-state index in [4.69, 9.17) is 18.9 Å². The molecule has 3 rings (SSSR count). The first kappa shape index (κ1) is 10.4. The van der Waals surface area contributed by atoms with Crippen molar-refractivity contribution in [2.75, 3.05) is 27.4 Å². The number of hydrogen-bond acceptors (Lipinski definition) is 4. The standard InChI is InChI=1S/C9H17BO4/c1-11-4-9-5-13-6(8(10)14-9)3-7(9)12-2/h6-8H,3-5,10H2,1-2H3/t6?,7?,8-,9-/m1/s1. The summed E-state index contributed by atoms with van der Waals surface area (Å²) in [6.07, 6.45) is 1.18. The van der Waals surface area contributed by atoms with Crippen LogP contribution in [0.3, 0.4) is 0 Å². The quantitative estimate of drug-likeness (QED) is 0.557. The van der Waals surface area contributed by atoms with Crippen molar-refractivity contribution in [3.05, 3.63) is 0 Å². The van der Waals surface area contributed by atoms with E-state index in [9.17, 15) is 0 Å². The molecule has 3 aliphatic heterocycles. The van der Waals surface area contributed by atoms with Gasteiger partial charge >= 0.3 is 0 Å². The third kappa shape index (κ3) is 1.48. The van der Waals surface area contributed by atoms with Gasteiger partial charge in [0, 0.05) is 20.6 Å². The molecule has 5 heteroatoms. The second-order valence-corrected chi connectivity index (χ2v) is 4.13. The summed E-state index contributed by atoms with van der Waals surface area (Å²) in [4.78, 5) is 0. The highest BCUT2D eigenvalue weighted by molar-refractivity contribution is 6.11. The highest BCUT2D eigenvalue weighted by Crippen LogP contribution is 2.37. The SMILES string of the molecule is B[C@@H]1O[C@]2(COC)COC1CC2OC. The van der Waals surface area contributed by atoms with E-state index in [1.165, 1.54) is 0 Å². The van der Waals surface area contributed by atoms with Crippen molar-refractivity contribution in [1.82, 2.24) is 0 Å². The summed E-state index contributed by atoms with van der Waals surface area (Å²) in [6.45, 7) is 1.11. The van der Waals surface area contributed by atoms with Crippen molar-refractivity contribution in [3.63, 3.8) is 0 Å². The second kappa shape index (κ2) is 3.81. The second-order valence-electron chi connectivity index (χ2n) is 4.13. The van der Waals surface area contributed by atoms with Crippen LogP contribution in [0.4, 0.5) is 0 Å². The van der Waals surface area contributed by atoms with Gasteiger partial charge in [0.2, 0.25) is 0 Å². The number of ether oxygens (including phenoxy) is 4. The van der Waals surface area contributed by atoms with Crippen LogP contribution in [0.15, 0.2) is 0 Å². The van der Waals surface area contributed by atoms with Crippen LogP contribution in [0.2, 0.25) is 0 Å². The molecule has 3 aliphatic rings. The maximum atomic E-state index is 5.94. The van der Waals surface area contributed by atoms with Crippen molar-refractivity contribution < 1.29 is 18.9 Å². The van der Waals surface area contributed by atoms with Gasteiger partial charge in [-0.2, -0.15) is 0 Å². The lowest BCUT2D eigenvalue weighted by Crippen LogP contribution is -2.67. The van der Waals surface area contributed by atoms with Gasteiger partial charge in [-0.15, -0.1) is 0 Å². The van der Waals surface area contributed by atoms with Crippen LogP contribution in [-0.2, 0) is 18.9 Å². The van der Waals surface area contributed by atoms with Gasteiger partial charge in [-0.3, -0.25) is 0 Å². The molecule has 0 N–H and O–H groups in total. The van der Waals surface area contributed by atoms with E-state index >= 15 is 0 Å². The van der Waals surface area contributed by atoms with Gasteiger partial charge in [0.15, 0.2) is 0 Å². The maximum absolute atomic E-state index is 5.94. The summed E-state index contributed by atoms with van der Waals surface area (Å²) < 4.78 is 22.3. The summed E-state index contributed by atoms with van der Waals surface area (Å²) in [5.74, 6) is 0. The van der Waals surface area contributed by atoms with Crippen LogP contribution in [0.25, 0.3) is 0 Å². The van der Waals surface area contributed by atoms with E-state index < -0.39 is 5.60 Å². The zero-order valence-corrected chi connectivity index (χ0v) is 8.99. The highest BCUT2D eigenvalue weighted by Gasteiger charge is 2.53. The lowest BCUT2D eigenvalue weighted by molar-refractivity contribution is -0.303. The molecule has 80 valence electrons. The average molecular weight is 200 g/mol. The lowest BCUT2D eigenvalue weighted by atomic mass is 9.78. The molecule has 0 saturated carbocycles. The Hall–Kier alpha value is -0.0951. The molecule has 0 aliphatic carbocycles. The Bertz CT molecular complexity index is 209. The molecule has 0 aromatic heterocycles. The molecule has 4 atom stereocenters. The van der Waals surface area contributed by atoms with Gasteiger partial charge < -0.3 is 18.9 Å². The third-order valence-electron chi connectivity index (χ3n) is 3.19. The predicted octanol–water partition coefficient (Wildman–Crippen LogP) is -0.835. The molecule has 3 saturated heterocycles. The van der Waals surface area contributed by atoms with Crippen molar-refractivity contribution in [2.24, 2.45) is 0 Å². The average Bonchev–Trinajstić information content (AvgIpc) is 2.18. The van der Waals surface area contributed by atoms with E-state index in [1.807, 2.05) is 7.85 Å². The highest BCUT2D eigenvalue weighted by atomic mass is 16.6. The maximum Gasteiger partial charge on any atom is 0.142 e. The third-order valence-corrected chi connectivity index (χ3v) is 3.19. The molecule has 14 heavy (non-hydrogen) atoms. The van der Waals surface area contributed by atoms with Gasteiger partial charge in [0.1, 0.15) is 13.4 Å². The monoisotopic (exact) mass is 200 g/mol. The van der Waals surface area contributed by atoms with E-state index in [-0.39, 0.29) is 18.2 Å². The summed E-state index contributed by atoms with van der Waals surface area (Å²) in [5.41, 5.74) is -0.391. The Kier molecular flexibility index (Phi) is 2.84. The van der Waals surface area contributed by atoms with Gasteiger partial charge in [-0.1, -0.05) is 0 Å². The summed E-state index contributed by atoms with van der Waals surface area (Å²) >= 11 is 0. The molecule has 0 radical (unpaired) electrons. The molecule has 2 unspecified atom stereocenters. The van der Waals surface area contributed by atoms with Crippen molar-refractivity contribution >= 4 is 7.85 Å². The van der Waals surface area contributed by atoms with E-state index in [2.05, 4.69) is 0 Å². The Balaban J connectivity index is 2.15. The van der Waals surface area contributed by atoms with E-state index in [1.54, 1.807) is 14.2 Å². The summed E-state index contributed by atoms with van der Waals surface area (Å²) in [5, 5.41) is 0. The van der Waals surface area contributed by atoms with Crippen LogP contribution < -0.4 is 0 Å². The topological polar surface area (TPSA) is 36.9 Å². The largest absolute Gasteiger partial charge is 0.381 e. The first-order chi connectivity index (χ1) is 6.72. The van der Waals surface area contributed by atoms with Gasteiger partial charge in [-0.25, -0.2) is 0 Å². The molecule has 0 spiro atoms. The van der Waals surface area contributed by atoms with Crippen LogP contribution in [0.5, 0.6) is 0 Å². The number of hydrogen-bond donors (Lipinski definition) is 0. The van der Waals surface area contributed by atoms with Crippen LogP contribution in [0, 0.1) is 0 Å². The van der Waals surface area contributed by atoms with Crippen molar-refractivity contribution in [3.8, 4) is 0 Å². The zero-order chi connectivity index (χ0) is 10.2. The minimum absolute atomic E-state index is 0.0948. The van der Waals surface area contributed by atoms with Crippen LogP contribution in [0.1, 0.15) is 6.42 Å². The molecule has 4 nitrogen and oxygen atoms in total. The van der Waals surface area contributed by atoms with Gasteiger partial charge in [-0.05, 0) is 0 Å². The zero-order valence-electron chi connectivity index (χ0n) is 8.99. The van der Waals surface area contributed by atoms with E-state index in [0.29, 0.717) is 13.2 Å². The van der Waals surface area contributed by atoms with E-state index in [0.717, 1.165) is 6.42 Å². The molecule has 0 amide bonds. The minimum Gasteiger partial charge on any atom is -0.381 e. The minimum atomic E-state index is -0.391. The Morgan fingerprint density at radius 1 is 1.50 bits per heavy atom. The first-order valence-corrected chi connectivity index (χ1v) is 5.03. The van der Waals surface area contributed by atoms with Crippen LogP contribution >= 0.6 is 0 Å². The number of rotatable bonds is 3. The Morgan fingerprint density at radius 2 is 2.29 bits per heavy atom. The smallest absolute Gasteiger partial charge is 0.142 e. The lowest BCUT2D eigenvalue weighted by Gasteiger charge is -2.53. The van der Waals surface area contributed by atoms with Crippen molar-refractivity contribution in [2.45, 2.75) is 30.2 Å². The predicted molar refractivity (Wildman–Crippen MR) is 53.2 cm³/mol. The number of methoxy groups -OCH3 is 2. The fraction of sp³-hybridized carbons (Fsp3) is 1.00. The Morgan fingerprint density at radius 3 is 2.86 bits per heavy atom. The number of fused-ring (bicyclic) bond motifs is 3. The Labute approximate surface area is 85.3 Å². The van der Waals surface area contributed by atoms with Crippen LogP contribution in [-0.4, -0.2) is 59.1 Å². The summed E-state index contributed by atoms with van der Waals surface area (Å²) in [6, 6.07) is 0.144. The molecule has 3 fully saturated rings. The first-order valence-electron chi connectivity index (χ1n) is 5.03. The molecular formula is C9H17BO4. The molecule has 0 aromatic carbocycles. The molecule has 0 aromatic rings. The fourth-order valence-corrected chi connectivity index (χ4v) is 2.44. The van der Waals surface area contributed by atoms with Gasteiger partial charge in [0.05, 0.1) is 31.4 Å². The normalized spacial score (nSPS) is 46.9.